The van der Waals surface area contributed by atoms with Gasteiger partial charge in [0.05, 0.1) is 12.7 Å². The first-order chi connectivity index (χ1) is 6.90. The molecule has 2 atom stereocenters. The lowest BCUT2D eigenvalue weighted by Crippen LogP contribution is -2.48. The van der Waals surface area contributed by atoms with Gasteiger partial charge < -0.3 is 10.5 Å². The second-order valence-corrected chi connectivity index (χ2v) is 5.23. The predicted octanol–water partition coefficient (Wildman–Crippen LogP) is 0.542. The number of hydrogen-bond donors (Lipinski definition) is 1. The van der Waals surface area contributed by atoms with E-state index in [0.717, 1.165) is 38.7 Å². The van der Waals surface area contributed by atoms with E-state index in [2.05, 4.69) is 16.7 Å². The third-order valence-corrected chi connectivity index (χ3v) is 4.23. The van der Waals surface area contributed by atoms with E-state index in [9.17, 15) is 0 Å². The molecule has 82 valence electrons. The summed E-state index contributed by atoms with van der Waals surface area (Å²) in [6, 6.07) is 0.809. The summed E-state index contributed by atoms with van der Waals surface area (Å²) >= 11 is 2.08. The molecule has 0 aromatic carbocycles. The van der Waals surface area contributed by atoms with Crippen molar-refractivity contribution in [3.05, 3.63) is 0 Å². The first-order valence-corrected chi connectivity index (χ1v) is 6.69. The zero-order valence-corrected chi connectivity index (χ0v) is 9.47. The summed E-state index contributed by atoms with van der Waals surface area (Å²) in [7, 11) is 0. The van der Waals surface area contributed by atoms with Crippen molar-refractivity contribution in [3.8, 4) is 0 Å². The monoisotopic (exact) mass is 216 g/mol. The van der Waals surface area contributed by atoms with Gasteiger partial charge in [0.15, 0.2) is 0 Å². The van der Waals surface area contributed by atoms with Gasteiger partial charge in [-0.15, -0.1) is 0 Å². The van der Waals surface area contributed by atoms with Crippen LogP contribution in [0.2, 0.25) is 0 Å². The lowest BCUT2D eigenvalue weighted by Gasteiger charge is -2.36. The van der Waals surface area contributed by atoms with Crippen molar-refractivity contribution in [3.63, 3.8) is 0 Å². The zero-order chi connectivity index (χ0) is 9.80. The summed E-state index contributed by atoms with van der Waals surface area (Å²) < 4.78 is 5.68. The molecule has 0 radical (unpaired) electrons. The number of morpholine rings is 1. The maximum atomic E-state index is 5.68. The van der Waals surface area contributed by atoms with Crippen LogP contribution >= 0.6 is 11.8 Å². The number of nitrogens with two attached hydrogens (primary N) is 1. The molecule has 2 aliphatic rings. The number of hydrogen-bond acceptors (Lipinski definition) is 4. The minimum Gasteiger partial charge on any atom is -0.376 e. The Hall–Kier alpha value is 0.230. The van der Waals surface area contributed by atoms with E-state index in [4.69, 9.17) is 10.5 Å². The van der Waals surface area contributed by atoms with Crippen molar-refractivity contribution >= 4 is 11.8 Å². The van der Waals surface area contributed by atoms with Crippen LogP contribution in [0.5, 0.6) is 0 Å². The molecule has 2 fully saturated rings. The van der Waals surface area contributed by atoms with Gasteiger partial charge in [-0.25, -0.2) is 0 Å². The van der Waals surface area contributed by atoms with E-state index < -0.39 is 0 Å². The Morgan fingerprint density at radius 1 is 1.50 bits per heavy atom. The smallest absolute Gasteiger partial charge is 0.0714 e. The van der Waals surface area contributed by atoms with E-state index >= 15 is 0 Å². The fraction of sp³-hybridized carbons (Fsp3) is 1.00. The number of thioether (sulfide) groups is 1. The Morgan fingerprint density at radius 3 is 3.14 bits per heavy atom. The fourth-order valence-corrected chi connectivity index (χ4v) is 3.50. The van der Waals surface area contributed by atoms with Crippen molar-refractivity contribution in [1.29, 1.82) is 0 Å². The van der Waals surface area contributed by atoms with E-state index in [-0.39, 0.29) is 0 Å². The SMILES string of the molecule is NCCC1CN(C2CCSC2)CCO1. The van der Waals surface area contributed by atoms with Crippen LogP contribution in [0.3, 0.4) is 0 Å². The molecule has 2 unspecified atom stereocenters. The maximum absolute atomic E-state index is 5.68. The summed E-state index contributed by atoms with van der Waals surface area (Å²) in [6.07, 6.45) is 2.76. The van der Waals surface area contributed by atoms with Crippen molar-refractivity contribution in [1.82, 2.24) is 4.90 Å². The van der Waals surface area contributed by atoms with Gasteiger partial charge in [0.2, 0.25) is 0 Å². The number of rotatable bonds is 3. The predicted molar refractivity (Wildman–Crippen MR) is 60.7 cm³/mol. The number of ether oxygens (including phenoxy) is 1. The summed E-state index contributed by atoms with van der Waals surface area (Å²) in [4.78, 5) is 2.60. The van der Waals surface area contributed by atoms with Gasteiger partial charge in [-0.1, -0.05) is 0 Å². The lowest BCUT2D eigenvalue weighted by molar-refractivity contribution is -0.0418. The van der Waals surface area contributed by atoms with Gasteiger partial charge >= 0.3 is 0 Å². The molecule has 0 spiro atoms. The van der Waals surface area contributed by atoms with Gasteiger partial charge in [-0.3, -0.25) is 4.90 Å². The Morgan fingerprint density at radius 2 is 2.43 bits per heavy atom. The fourth-order valence-electron chi connectivity index (χ4n) is 2.24. The van der Waals surface area contributed by atoms with Gasteiger partial charge in [0.1, 0.15) is 0 Å². The molecule has 0 aliphatic carbocycles. The molecule has 4 heteroatoms. The Balaban J connectivity index is 1.80. The van der Waals surface area contributed by atoms with Crippen LogP contribution in [0.1, 0.15) is 12.8 Å². The molecule has 2 saturated heterocycles. The van der Waals surface area contributed by atoms with Crippen LogP contribution in [0.15, 0.2) is 0 Å². The van der Waals surface area contributed by atoms with E-state index in [1.165, 1.54) is 17.9 Å². The average Bonchev–Trinajstić information content (AvgIpc) is 2.71. The van der Waals surface area contributed by atoms with Crippen molar-refractivity contribution in [2.75, 3.05) is 37.7 Å². The molecule has 0 aromatic rings. The minimum atomic E-state index is 0.388. The molecule has 0 aromatic heterocycles. The van der Waals surface area contributed by atoms with E-state index in [0.29, 0.717) is 6.10 Å². The van der Waals surface area contributed by atoms with Crippen LogP contribution < -0.4 is 5.73 Å². The van der Waals surface area contributed by atoms with Gasteiger partial charge in [0, 0.05) is 24.9 Å². The summed E-state index contributed by atoms with van der Waals surface area (Å²) in [5, 5.41) is 0. The highest BCUT2D eigenvalue weighted by molar-refractivity contribution is 7.99. The third-order valence-electron chi connectivity index (χ3n) is 3.08. The Labute approximate surface area is 90.3 Å². The molecule has 0 bridgehead atoms. The van der Waals surface area contributed by atoms with E-state index in [1.807, 2.05) is 0 Å². The average molecular weight is 216 g/mol. The standard InChI is InChI=1S/C10H20N2OS/c11-3-1-10-7-12(4-5-13-10)9-2-6-14-8-9/h9-10H,1-8,11H2. The van der Waals surface area contributed by atoms with Gasteiger partial charge in [-0.2, -0.15) is 11.8 Å². The highest BCUT2D eigenvalue weighted by Crippen LogP contribution is 2.24. The van der Waals surface area contributed by atoms with Crippen molar-refractivity contribution < 1.29 is 4.74 Å². The molecular weight excluding hydrogens is 196 g/mol. The van der Waals surface area contributed by atoms with Gasteiger partial charge in [0.25, 0.3) is 0 Å². The second kappa shape index (κ2) is 5.35. The molecule has 2 aliphatic heterocycles. The van der Waals surface area contributed by atoms with Crippen LogP contribution in [-0.4, -0.2) is 54.8 Å². The first-order valence-electron chi connectivity index (χ1n) is 5.53. The van der Waals surface area contributed by atoms with Crippen LogP contribution in [-0.2, 0) is 4.74 Å². The topological polar surface area (TPSA) is 38.5 Å². The summed E-state index contributed by atoms with van der Waals surface area (Å²) in [5.74, 6) is 2.65. The van der Waals surface area contributed by atoms with Gasteiger partial charge in [-0.05, 0) is 25.1 Å². The number of nitrogens with zero attached hydrogens (tertiary/aromatic N) is 1. The molecule has 2 heterocycles. The van der Waals surface area contributed by atoms with Crippen molar-refractivity contribution in [2.45, 2.75) is 25.0 Å². The molecule has 0 amide bonds. The molecule has 2 rings (SSSR count). The molecule has 2 N–H and O–H groups in total. The molecular formula is C10H20N2OS. The Bertz CT molecular complexity index is 172. The summed E-state index contributed by atoms with van der Waals surface area (Å²) in [6.45, 7) is 3.86. The minimum absolute atomic E-state index is 0.388. The highest BCUT2D eigenvalue weighted by atomic mass is 32.2. The zero-order valence-electron chi connectivity index (χ0n) is 8.65. The van der Waals surface area contributed by atoms with E-state index in [1.54, 1.807) is 0 Å². The summed E-state index contributed by atoms with van der Waals surface area (Å²) in [5.41, 5.74) is 5.56. The van der Waals surface area contributed by atoms with Crippen LogP contribution in [0.4, 0.5) is 0 Å². The normalized spacial score (nSPS) is 34.9. The molecule has 3 nitrogen and oxygen atoms in total. The molecule has 0 saturated carbocycles. The largest absolute Gasteiger partial charge is 0.376 e. The van der Waals surface area contributed by atoms with Crippen molar-refractivity contribution in [2.24, 2.45) is 5.73 Å². The maximum Gasteiger partial charge on any atom is 0.0714 e. The van der Waals surface area contributed by atoms with Crippen LogP contribution in [0.25, 0.3) is 0 Å². The van der Waals surface area contributed by atoms with Crippen LogP contribution in [0, 0.1) is 0 Å². The second-order valence-electron chi connectivity index (χ2n) is 4.08. The first kappa shape index (κ1) is 10.7. The molecule has 14 heavy (non-hydrogen) atoms. The quantitative estimate of drug-likeness (QED) is 0.747. The third kappa shape index (κ3) is 2.63. The Kier molecular flexibility index (Phi) is 4.10. The lowest BCUT2D eigenvalue weighted by atomic mass is 10.1. The highest BCUT2D eigenvalue weighted by Gasteiger charge is 2.28.